The van der Waals surface area contributed by atoms with E-state index in [1.165, 1.54) is 13.1 Å². The van der Waals surface area contributed by atoms with E-state index in [2.05, 4.69) is 30.8 Å². The van der Waals surface area contributed by atoms with E-state index < -0.39 is 11.9 Å². The second-order valence-corrected chi connectivity index (χ2v) is 8.06. The number of carbonyl (C=O) groups excluding carboxylic acids is 2. The summed E-state index contributed by atoms with van der Waals surface area (Å²) in [5, 5.41) is 13.8. The lowest BCUT2D eigenvalue weighted by molar-refractivity contribution is -0.119. The van der Waals surface area contributed by atoms with Gasteiger partial charge < -0.3 is 15.5 Å². The zero-order chi connectivity index (χ0) is 22.4. The first-order valence-corrected chi connectivity index (χ1v) is 10.5. The molecular weight excluding hydrogens is 415 g/mol. The Morgan fingerprint density at radius 1 is 1.25 bits per heavy atom. The summed E-state index contributed by atoms with van der Waals surface area (Å²) < 4.78 is 16.1. The molecule has 0 spiro atoms. The smallest absolute Gasteiger partial charge is 0.269 e. The van der Waals surface area contributed by atoms with Crippen LogP contribution in [0.4, 0.5) is 15.8 Å². The molecule has 5 rings (SSSR count). The van der Waals surface area contributed by atoms with Crippen LogP contribution in [-0.2, 0) is 11.3 Å². The van der Waals surface area contributed by atoms with Crippen LogP contribution in [0.25, 0.3) is 11.0 Å². The first-order chi connectivity index (χ1) is 15.4. The van der Waals surface area contributed by atoms with Gasteiger partial charge in [-0.05, 0) is 36.8 Å². The number of halogens is 1. The maximum Gasteiger partial charge on any atom is 0.269 e. The molecule has 1 fully saturated rings. The van der Waals surface area contributed by atoms with Crippen LogP contribution in [0, 0.1) is 5.95 Å². The third kappa shape index (κ3) is 3.44. The molecule has 32 heavy (non-hydrogen) atoms. The lowest BCUT2D eigenvalue weighted by Gasteiger charge is -2.36. The summed E-state index contributed by atoms with van der Waals surface area (Å²) in [5.74, 6) is -1.16. The average Bonchev–Trinajstić information content (AvgIpc) is 3.22. The van der Waals surface area contributed by atoms with Gasteiger partial charge in [0.2, 0.25) is 11.9 Å². The van der Waals surface area contributed by atoms with E-state index in [9.17, 15) is 14.0 Å². The van der Waals surface area contributed by atoms with Crippen LogP contribution in [0.5, 0.6) is 0 Å². The van der Waals surface area contributed by atoms with Gasteiger partial charge in [0, 0.05) is 39.8 Å². The Hall–Kier alpha value is -3.60. The summed E-state index contributed by atoms with van der Waals surface area (Å²) in [6, 6.07) is 6.73. The summed E-state index contributed by atoms with van der Waals surface area (Å²) in [4.78, 5) is 31.8. The summed E-state index contributed by atoms with van der Waals surface area (Å²) >= 11 is 0. The van der Waals surface area contributed by atoms with Crippen molar-refractivity contribution in [2.75, 3.05) is 43.4 Å². The highest BCUT2D eigenvalue weighted by Crippen LogP contribution is 2.31. The first kappa shape index (κ1) is 20.3. The summed E-state index contributed by atoms with van der Waals surface area (Å²) in [5.41, 5.74) is 3.82. The fraction of sp³-hybridized carbons (Fsp3) is 0.381. The molecule has 1 aromatic carbocycles. The summed E-state index contributed by atoms with van der Waals surface area (Å²) in [6.07, 6.45) is 0. The van der Waals surface area contributed by atoms with Crippen molar-refractivity contribution in [1.29, 1.82) is 0 Å². The molecule has 3 aromatic rings. The van der Waals surface area contributed by atoms with Crippen LogP contribution in [0.2, 0.25) is 0 Å². The highest BCUT2D eigenvalue weighted by molar-refractivity contribution is 6.04. The van der Waals surface area contributed by atoms with Crippen LogP contribution >= 0.6 is 0 Å². The number of rotatable bonds is 4. The van der Waals surface area contributed by atoms with Gasteiger partial charge in [-0.25, -0.2) is 9.67 Å². The van der Waals surface area contributed by atoms with Crippen molar-refractivity contribution in [3.63, 3.8) is 0 Å². The number of carbonyl (C=O) groups is 2. The van der Waals surface area contributed by atoms with Gasteiger partial charge in [-0.15, -0.1) is 5.10 Å². The molecule has 166 valence electrons. The Labute approximate surface area is 183 Å². The number of piperazine rings is 1. The maximum atomic E-state index is 14.5. The Kier molecular flexibility index (Phi) is 4.97. The van der Waals surface area contributed by atoms with Gasteiger partial charge in [-0.3, -0.25) is 14.5 Å². The van der Waals surface area contributed by atoms with E-state index in [1.54, 1.807) is 17.7 Å². The minimum absolute atomic E-state index is 0.0603. The van der Waals surface area contributed by atoms with Crippen LogP contribution in [0.3, 0.4) is 0 Å². The highest BCUT2D eigenvalue weighted by Gasteiger charge is 2.28. The molecule has 1 saturated heterocycles. The fourth-order valence-corrected chi connectivity index (χ4v) is 4.26. The van der Waals surface area contributed by atoms with Gasteiger partial charge in [0.1, 0.15) is 22.8 Å². The molecule has 2 amide bonds. The molecule has 0 radical (unpaired) electrons. The minimum Gasteiger partial charge on any atom is -0.365 e. The predicted octanol–water partition coefficient (Wildman–Crippen LogP) is 1.16. The Balaban J connectivity index is 1.27. The zero-order valence-corrected chi connectivity index (χ0v) is 17.8. The molecule has 2 aliphatic rings. The van der Waals surface area contributed by atoms with Gasteiger partial charge in [-0.1, -0.05) is 5.21 Å². The van der Waals surface area contributed by atoms with Gasteiger partial charge in [0.05, 0.1) is 11.4 Å². The van der Waals surface area contributed by atoms with E-state index in [0.717, 1.165) is 35.4 Å². The quantitative estimate of drug-likeness (QED) is 0.589. The standard InChI is InChI=1S/C21H23FN8O2/c1-12-20(31)25-15-9-13(10-16-18(15)30(12)27-26-16)11-28-5-7-29(8-6-28)17-4-3-14(21(32)23-2)24-19(17)22/h3-4,9-10,12H,5-8,11H2,1-2H3,(H,23,32)(H,25,31)/t12-/m1/s1. The molecule has 11 heteroatoms. The fourth-order valence-electron chi connectivity index (χ4n) is 4.26. The SMILES string of the molecule is CNC(=O)c1ccc(N2CCN(Cc3cc4c5c(c3)nnn5[C@H](C)C(=O)N4)CC2)c(F)n1. The zero-order valence-electron chi connectivity index (χ0n) is 17.8. The van der Waals surface area contributed by atoms with Crippen molar-refractivity contribution in [1.82, 2.24) is 30.2 Å². The number of amides is 2. The van der Waals surface area contributed by atoms with Gasteiger partial charge in [0.15, 0.2) is 0 Å². The molecule has 0 bridgehead atoms. The van der Waals surface area contributed by atoms with Gasteiger partial charge >= 0.3 is 0 Å². The normalized spacial score (nSPS) is 18.7. The molecule has 4 heterocycles. The van der Waals surface area contributed by atoms with Gasteiger partial charge in [-0.2, -0.15) is 4.39 Å². The Bertz CT molecular complexity index is 1220. The van der Waals surface area contributed by atoms with Crippen LogP contribution in [0.15, 0.2) is 24.3 Å². The molecule has 0 aliphatic carbocycles. The third-order valence-electron chi connectivity index (χ3n) is 6.04. The number of nitrogens with zero attached hydrogens (tertiary/aromatic N) is 6. The topological polar surface area (TPSA) is 108 Å². The molecule has 0 unspecified atom stereocenters. The van der Waals surface area contributed by atoms with Crippen molar-refractivity contribution in [3.8, 4) is 0 Å². The van der Waals surface area contributed by atoms with Crippen LogP contribution in [0.1, 0.15) is 29.0 Å². The van der Waals surface area contributed by atoms with Crippen LogP contribution in [-0.4, -0.2) is 69.9 Å². The van der Waals surface area contributed by atoms with E-state index in [1.807, 2.05) is 17.0 Å². The average molecular weight is 438 g/mol. The lowest BCUT2D eigenvalue weighted by atomic mass is 10.1. The van der Waals surface area contributed by atoms with Crippen molar-refractivity contribution < 1.29 is 14.0 Å². The van der Waals surface area contributed by atoms with E-state index >= 15 is 0 Å². The van der Waals surface area contributed by atoms with Crippen molar-refractivity contribution in [2.24, 2.45) is 0 Å². The van der Waals surface area contributed by atoms with Crippen LogP contribution < -0.4 is 15.5 Å². The van der Waals surface area contributed by atoms with Crippen molar-refractivity contribution in [3.05, 3.63) is 41.5 Å². The largest absolute Gasteiger partial charge is 0.365 e. The number of anilines is 2. The predicted molar refractivity (Wildman–Crippen MR) is 116 cm³/mol. The molecule has 2 N–H and O–H groups in total. The van der Waals surface area contributed by atoms with Crippen molar-refractivity contribution in [2.45, 2.75) is 19.5 Å². The molecule has 2 aromatic heterocycles. The van der Waals surface area contributed by atoms with Gasteiger partial charge in [0.25, 0.3) is 5.91 Å². The monoisotopic (exact) mass is 438 g/mol. The van der Waals surface area contributed by atoms with E-state index in [0.29, 0.717) is 25.3 Å². The molecular formula is C21H23FN8O2. The van der Waals surface area contributed by atoms with Crippen molar-refractivity contribution >= 4 is 34.2 Å². The molecule has 1 atom stereocenters. The number of pyridine rings is 1. The highest BCUT2D eigenvalue weighted by atomic mass is 19.1. The molecule has 2 aliphatic heterocycles. The number of aromatic nitrogens is 4. The maximum absolute atomic E-state index is 14.5. The lowest BCUT2D eigenvalue weighted by Crippen LogP contribution is -2.46. The van der Waals surface area contributed by atoms with E-state index in [-0.39, 0.29) is 17.6 Å². The van der Waals surface area contributed by atoms with E-state index in [4.69, 9.17) is 0 Å². The number of benzene rings is 1. The summed E-state index contributed by atoms with van der Waals surface area (Å²) in [7, 11) is 1.48. The Morgan fingerprint density at radius 3 is 2.75 bits per heavy atom. The number of nitrogens with one attached hydrogen (secondary N) is 2. The second-order valence-electron chi connectivity index (χ2n) is 8.06. The Morgan fingerprint density at radius 2 is 2.03 bits per heavy atom. The first-order valence-electron chi connectivity index (χ1n) is 10.5. The molecule has 10 nitrogen and oxygen atoms in total. The number of hydrogen-bond donors (Lipinski definition) is 2. The second kappa shape index (κ2) is 7.83. The number of hydrogen-bond acceptors (Lipinski definition) is 7. The minimum atomic E-state index is -0.642. The summed E-state index contributed by atoms with van der Waals surface area (Å²) in [6.45, 7) is 5.23. The third-order valence-corrected chi connectivity index (χ3v) is 6.04. The molecule has 0 saturated carbocycles.